The van der Waals surface area contributed by atoms with Gasteiger partial charge in [-0.15, -0.1) is 5.10 Å². The smallest absolute Gasteiger partial charge is 0.337 e. The first-order valence-corrected chi connectivity index (χ1v) is 15.0. The standard InChI is InChI=1S/C34H41FN6O3/c1-21-27(24-9-8-10-25(19-24)31-37-38-39-41(31)20-23-11-13-26(35)14-12-23)29(40-17-15-34(6,7)16-18-40)28(22(2)36-21)30(32(42)43)44-33(3,4)5/h8-14,19,30H,15-18,20H2,1-7H3,(H,42,43). The normalized spacial score (nSPS) is 15.8. The van der Waals surface area contributed by atoms with Crippen LogP contribution in [0.2, 0.25) is 0 Å². The lowest BCUT2D eigenvalue weighted by Crippen LogP contribution is -2.39. The summed E-state index contributed by atoms with van der Waals surface area (Å²) in [6.07, 6.45) is 0.753. The number of ether oxygens (including phenoxy) is 1. The number of piperidine rings is 1. The summed E-state index contributed by atoms with van der Waals surface area (Å²) in [6, 6.07) is 14.2. The molecule has 2 aromatic carbocycles. The molecule has 1 unspecified atom stereocenters. The van der Waals surface area contributed by atoms with Gasteiger partial charge in [-0.2, -0.15) is 0 Å². The highest BCUT2D eigenvalue weighted by molar-refractivity contribution is 5.88. The third-order valence-corrected chi connectivity index (χ3v) is 8.16. The Morgan fingerprint density at radius 3 is 2.34 bits per heavy atom. The second kappa shape index (κ2) is 12.1. The van der Waals surface area contributed by atoms with Gasteiger partial charge in [-0.3, -0.25) is 4.98 Å². The number of hydrogen-bond donors (Lipinski definition) is 1. The zero-order valence-electron chi connectivity index (χ0n) is 26.6. The van der Waals surface area contributed by atoms with Crippen LogP contribution in [0.5, 0.6) is 0 Å². The van der Waals surface area contributed by atoms with Crippen molar-refractivity contribution < 1.29 is 19.0 Å². The molecule has 1 atom stereocenters. The molecule has 4 aromatic rings. The van der Waals surface area contributed by atoms with Crippen molar-refractivity contribution in [1.29, 1.82) is 0 Å². The van der Waals surface area contributed by atoms with Crippen LogP contribution in [0.1, 0.15) is 76.1 Å². The summed E-state index contributed by atoms with van der Waals surface area (Å²) in [4.78, 5) is 20.0. The molecule has 3 heterocycles. The molecular weight excluding hydrogens is 559 g/mol. The van der Waals surface area contributed by atoms with E-state index >= 15 is 0 Å². The molecule has 1 fully saturated rings. The van der Waals surface area contributed by atoms with Gasteiger partial charge in [0.25, 0.3) is 0 Å². The van der Waals surface area contributed by atoms with E-state index in [2.05, 4.69) is 34.3 Å². The zero-order valence-corrected chi connectivity index (χ0v) is 26.6. The average molecular weight is 601 g/mol. The third-order valence-electron chi connectivity index (χ3n) is 8.16. The number of carboxylic acids is 1. The van der Waals surface area contributed by atoms with E-state index in [1.165, 1.54) is 12.1 Å². The summed E-state index contributed by atoms with van der Waals surface area (Å²) in [7, 11) is 0. The van der Waals surface area contributed by atoms with Crippen LogP contribution in [0, 0.1) is 25.1 Å². The number of anilines is 1. The Bertz CT molecular complexity index is 1650. The number of tetrazole rings is 1. The molecule has 5 rings (SSSR count). The van der Waals surface area contributed by atoms with E-state index in [9.17, 15) is 14.3 Å². The number of pyridine rings is 1. The van der Waals surface area contributed by atoms with Crippen LogP contribution in [0.4, 0.5) is 10.1 Å². The second-order valence-electron chi connectivity index (χ2n) is 13.4. The number of rotatable bonds is 8. The minimum Gasteiger partial charge on any atom is -0.479 e. The summed E-state index contributed by atoms with van der Waals surface area (Å²) in [6.45, 7) is 15.9. The maximum absolute atomic E-state index is 13.5. The lowest BCUT2D eigenvalue weighted by molar-refractivity contribution is -0.160. The molecule has 0 aliphatic carbocycles. The van der Waals surface area contributed by atoms with Crippen molar-refractivity contribution in [3.05, 3.63) is 76.9 Å². The molecule has 0 bridgehead atoms. The van der Waals surface area contributed by atoms with E-state index in [4.69, 9.17) is 9.72 Å². The number of aromatic nitrogens is 5. The van der Waals surface area contributed by atoms with E-state index < -0.39 is 17.7 Å². The molecular formula is C34H41FN6O3. The van der Waals surface area contributed by atoms with Crippen LogP contribution >= 0.6 is 0 Å². The lowest BCUT2D eigenvalue weighted by Gasteiger charge is -2.41. The van der Waals surface area contributed by atoms with Gasteiger partial charge in [0.1, 0.15) is 5.82 Å². The molecule has 9 nitrogen and oxygen atoms in total. The van der Waals surface area contributed by atoms with Crippen LogP contribution < -0.4 is 4.90 Å². The molecule has 1 N–H and O–H groups in total. The van der Waals surface area contributed by atoms with Gasteiger partial charge in [0.15, 0.2) is 11.9 Å². The van der Waals surface area contributed by atoms with E-state index in [1.807, 2.05) is 58.9 Å². The van der Waals surface area contributed by atoms with Gasteiger partial charge in [0, 0.05) is 41.2 Å². The Morgan fingerprint density at radius 1 is 1.05 bits per heavy atom. The molecule has 44 heavy (non-hydrogen) atoms. The van der Waals surface area contributed by atoms with Crippen molar-refractivity contribution in [2.45, 2.75) is 79.6 Å². The minimum atomic E-state index is -1.20. The molecule has 1 aliphatic rings. The topological polar surface area (TPSA) is 106 Å². The quantitative estimate of drug-likeness (QED) is 0.236. The summed E-state index contributed by atoms with van der Waals surface area (Å²) in [5.41, 5.74) is 5.79. The van der Waals surface area contributed by atoms with Crippen LogP contribution in [-0.4, -0.2) is 55.0 Å². The van der Waals surface area contributed by atoms with Crippen LogP contribution in [0.25, 0.3) is 22.5 Å². The van der Waals surface area contributed by atoms with Crippen molar-refractivity contribution in [3.63, 3.8) is 0 Å². The predicted molar refractivity (Wildman–Crippen MR) is 168 cm³/mol. The number of carbonyl (C=O) groups is 1. The molecule has 0 radical (unpaired) electrons. The number of benzene rings is 2. The third kappa shape index (κ3) is 6.80. The first-order valence-electron chi connectivity index (χ1n) is 15.0. The second-order valence-corrected chi connectivity index (χ2v) is 13.4. The molecule has 10 heteroatoms. The van der Waals surface area contributed by atoms with Gasteiger partial charge in [-0.1, -0.05) is 44.2 Å². The van der Waals surface area contributed by atoms with Crippen molar-refractivity contribution in [3.8, 4) is 22.5 Å². The van der Waals surface area contributed by atoms with Gasteiger partial charge in [-0.25, -0.2) is 13.9 Å². The molecule has 1 saturated heterocycles. The van der Waals surface area contributed by atoms with Gasteiger partial charge < -0.3 is 14.7 Å². The monoisotopic (exact) mass is 600 g/mol. The maximum atomic E-state index is 13.5. The summed E-state index contributed by atoms with van der Waals surface area (Å²) in [5, 5.41) is 22.9. The van der Waals surface area contributed by atoms with E-state index in [0.29, 0.717) is 23.6 Å². The zero-order chi connectivity index (χ0) is 31.8. The van der Waals surface area contributed by atoms with E-state index in [1.54, 1.807) is 16.8 Å². The van der Waals surface area contributed by atoms with Gasteiger partial charge >= 0.3 is 5.97 Å². The largest absolute Gasteiger partial charge is 0.479 e. The van der Waals surface area contributed by atoms with Crippen LogP contribution in [0.15, 0.2) is 48.5 Å². The van der Waals surface area contributed by atoms with Gasteiger partial charge in [-0.05, 0) is 92.6 Å². The number of halogens is 1. The molecule has 0 saturated carbocycles. The first-order chi connectivity index (χ1) is 20.7. The highest BCUT2D eigenvalue weighted by Crippen LogP contribution is 2.45. The number of aliphatic carboxylic acids is 1. The van der Waals surface area contributed by atoms with E-state index in [0.717, 1.165) is 59.6 Å². The molecule has 232 valence electrons. The van der Waals surface area contributed by atoms with Gasteiger partial charge in [0.05, 0.1) is 17.8 Å². The van der Waals surface area contributed by atoms with Crippen molar-refractivity contribution in [1.82, 2.24) is 25.2 Å². The number of hydrogen-bond acceptors (Lipinski definition) is 7. The Labute approximate surface area is 258 Å². The highest BCUT2D eigenvalue weighted by Gasteiger charge is 2.36. The summed E-state index contributed by atoms with van der Waals surface area (Å²) < 4.78 is 21.4. The molecule has 2 aromatic heterocycles. The van der Waals surface area contributed by atoms with Crippen LogP contribution in [0.3, 0.4) is 0 Å². The SMILES string of the molecule is Cc1nc(C)c(C(OC(C)(C)C)C(=O)O)c(N2CCC(C)(C)CC2)c1-c1cccc(-c2nnnn2Cc2ccc(F)cc2)c1. The average Bonchev–Trinajstić information content (AvgIpc) is 3.40. The number of nitrogens with zero attached hydrogens (tertiary/aromatic N) is 6. The summed E-state index contributed by atoms with van der Waals surface area (Å²) in [5.74, 6) is -0.784. The Morgan fingerprint density at radius 2 is 1.70 bits per heavy atom. The molecule has 1 aliphatic heterocycles. The Kier molecular flexibility index (Phi) is 8.57. The predicted octanol–water partition coefficient (Wildman–Crippen LogP) is 6.77. The van der Waals surface area contributed by atoms with Crippen molar-refractivity contribution in [2.24, 2.45) is 5.41 Å². The molecule has 0 amide bonds. The van der Waals surface area contributed by atoms with Crippen molar-refractivity contribution in [2.75, 3.05) is 18.0 Å². The maximum Gasteiger partial charge on any atom is 0.337 e. The number of aryl methyl sites for hydroxylation is 2. The number of carboxylic acid groups (broad SMARTS) is 1. The fourth-order valence-electron chi connectivity index (χ4n) is 5.85. The van der Waals surface area contributed by atoms with Crippen LogP contribution in [-0.2, 0) is 16.1 Å². The lowest BCUT2D eigenvalue weighted by atomic mass is 9.81. The summed E-state index contributed by atoms with van der Waals surface area (Å²) >= 11 is 0. The molecule has 0 spiro atoms. The minimum absolute atomic E-state index is 0.198. The Hall–Kier alpha value is -4.18. The fraction of sp³-hybridized carbons (Fsp3) is 0.441. The van der Waals surface area contributed by atoms with Gasteiger partial charge in [0.2, 0.25) is 0 Å². The highest BCUT2D eigenvalue weighted by atomic mass is 19.1. The fourth-order valence-corrected chi connectivity index (χ4v) is 5.85. The van der Waals surface area contributed by atoms with E-state index in [-0.39, 0.29) is 11.2 Å². The first kappa shape index (κ1) is 31.3. The van der Waals surface area contributed by atoms with Crippen molar-refractivity contribution >= 4 is 11.7 Å². The Balaban J connectivity index is 1.66.